The van der Waals surface area contributed by atoms with Gasteiger partial charge in [0.1, 0.15) is 0 Å². The molecular weight excluding hydrogens is 513 g/mol. The first-order chi connectivity index (χ1) is 15.6. The molecule has 32 heavy (non-hydrogen) atoms. The molecule has 5 rings (SSSR count). The van der Waals surface area contributed by atoms with Crippen molar-refractivity contribution in [3.63, 3.8) is 0 Å². The summed E-state index contributed by atoms with van der Waals surface area (Å²) in [5.41, 5.74) is 3.58. The van der Waals surface area contributed by atoms with Gasteiger partial charge in [-0.05, 0) is 0 Å². The molecule has 3 heterocycles. The first-order valence-corrected chi connectivity index (χ1v) is 15.7. The van der Waals surface area contributed by atoms with E-state index in [0.717, 1.165) is 47.4 Å². The van der Waals surface area contributed by atoms with Gasteiger partial charge in [0.25, 0.3) is 0 Å². The third-order valence-electron chi connectivity index (χ3n) is 6.34. The molecule has 1 aliphatic rings. The van der Waals surface area contributed by atoms with E-state index >= 15 is 0 Å². The van der Waals surface area contributed by atoms with Gasteiger partial charge in [-0.25, -0.2) is 0 Å². The summed E-state index contributed by atoms with van der Waals surface area (Å²) in [4.78, 5) is 30.4. The second kappa shape index (κ2) is 9.31. The Morgan fingerprint density at radius 1 is 1.00 bits per heavy atom. The van der Waals surface area contributed by atoms with Crippen LogP contribution in [0.3, 0.4) is 0 Å². The molecule has 1 fully saturated rings. The summed E-state index contributed by atoms with van der Waals surface area (Å²) in [6.07, 6.45) is 5.15. The summed E-state index contributed by atoms with van der Waals surface area (Å²) in [7, 11) is 0. The van der Waals surface area contributed by atoms with Gasteiger partial charge >= 0.3 is 190 Å². The van der Waals surface area contributed by atoms with Crippen LogP contribution < -0.4 is 5.56 Å². The van der Waals surface area contributed by atoms with Gasteiger partial charge in [0.2, 0.25) is 0 Å². The van der Waals surface area contributed by atoms with Crippen LogP contribution in [-0.4, -0.2) is 49.0 Å². The Hall–Kier alpha value is -2.26. The first kappa shape index (κ1) is 21.6. The van der Waals surface area contributed by atoms with Crippen LogP contribution in [0.4, 0.5) is 0 Å². The molecule has 2 aromatic heterocycles. The van der Waals surface area contributed by atoms with Crippen molar-refractivity contribution in [3.8, 4) is 0 Å². The second-order valence-corrected chi connectivity index (χ2v) is 13.5. The molecule has 2 aromatic carbocycles. The monoisotopic (exact) mass is 543 g/mol. The third-order valence-corrected chi connectivity index (χ3v) is 11.2. The maximum atomic E-state index is 12.8. The van der Waals surface area contributed by atoms with Crippen molar-refractivity contribution in [3.05, 3.63) is 65.9 Å². The van der Waals surface area contributed by atoms with E-state index in [0.29, 0.717) is 3.70 Å². The van der Waals surface area contributed by atoms with Crippen molar-refractivity contribution in [2.45, 2.75) is 39.2 Å². The molecule has 4 aromatic rings. The predicted molar refractivity (Wildman–Crippen MR) is 139 cm³/mol. The average Bonchev–Trinajstić information content (AvgIpc) is 3.12. The molecule has 0 aliphatic carbocycles. The van der Waals surface area contributed by atoms with Crippen LogP contribution in [0.1, 0.15) is 31.5 Å². The minimum absolute atomic E-state index is 0.0638. The SMILES string of the molecule is Cc1nc2cc3[nH]c(=O)c(I(C)c4ccccc4)nc3cc2n1CCCN1CCCCC1. The molecule has 1 saturated heterocycles. The summed E-state index contributed by atoms with van der Waals surface area (Å²) in [5, 5.41) is 0. The zero-order chi connectivity index (χ0) is 22.1. The Labute approximate surface area is 195 Å². The number of nitrogens with zero attached hydrogens (tertiary/aromatic N) is 4. The number of benzene rings is 2. The van der Waals surface area contributed by atoms with Crippen molar-refractivity contribution in [1.29, 1.82) is 0 Å². The van der Waals surface area contributed by atoms with Gasteiger partial charge in [0.15, 0.2) is 0 Å². The van der Waals surface area contributed by atoms with Gasteiger partial charge in [-0.3, -0.25) is 0 Å². The number of likely N-dealkylation sites (tertiary alicyclic amines) is 1. The van der Waals surface area contributed by atoms with Gasteiger partial charge in [-0.2, -0.15) is 0 Å². The molecule has 6 nitrogen and oxygen atoms in total. The quantitative estimate of drug-likeness (QED) is 0.285. The van der Waals surface area contributed by atoms with Crippen LogP contribution in [0.25, 0.3) is 22.1 Å². The molecule has 1 N–H and O–H groups in total. The number of piperidine rings is 1. The molecule has 1 aliphatic heterocycles. The van der Waals surface area contributed by atoms with Crippen molar-refractivity contribution in [1.82, 2.24) is 24.4 Å². The van der Waals surface area contributed by atoms with E-state index in [1.54, 1.807) is 0 Å². The Kier molecular flexibility index (Phi) is 6.28. The zero-order valence-corrected chi connectivity index (χ0v) is 20.9. The number of imidazole rings is 1. The number of fused-ring (bicyclic) bond motifs is 2. The molecule has 0 radical (unpaired) electrons. The number of aromatic nitrogens is 4. The number of rotatable bonds is 6. The van der Waals surface area contributed by atoms with E-state index in [2.05, 4.69) is 44.5 Å². The predicted octanol–water partition coefficient (Wildman–Crippen LogP) is 4.63. The Morgan fingerprint density at radius 2 is 1.78 bits per heavy atom. The molecular formula is C25H30IN5O. The summed E-state index contributed by atoms with van der Waals surface area (Å²) in [6.45, 7) is 6.63. The Balaban J connectivity index is 1.46. The summed E-state index contributed by atoms with van der Waals surface area (Å²) in [5.74, 6) is 1.02. The van der Waals surface area contributed by atoms with E-state index in [9.17, 15) is 4.79 Å². The van der Waals surface area contributed by atoms with Crippen LogP contribution in [0.2, 0.25) is 0 Å². The number of hydrogen-bond acceptors (Lipinski definition) is 4. The Bertz CT molecular complexity index is 1290. The van der Waals surface area contributed by atoms with Gasteiger partial charge in [-0.1, -0.05) is 6.42 Å². The molecule has 7 heteroatoms. The molecule has 0 saturated carbocycles. The van der Waals surface area contributed by atoms with Crippen LogP contribution in [0.5, 0.6) is 0 Å². The number of nitrogens with one attached hydrogen (secondary N) is 1. The minimum atomic E-state index is -1.86. The van der Waals surface area contributed by atoms with Crippen LogP contribution in [-0.2, 0) is 6.54 Å². The van der Waals surface area contributed by atoms with E-state index in [4.69, 9.17) is 9.97 Å². The van der Waals surface area contributed by atoms with Crippen molar-refractivity contribution in [2.75, 3.05) is 24.6 Å². The molecule has 0 bridgehead atoms. The zero-order valence-electron chi connectivity index (χ0n) is 18.8. The normalized spacial score (nSPS) is 15.5. The fourth-order valence-corrected chi connectivity index (χ4v) is 8.20. The number of H-pyrrole nitrogens is 1. The van der Waals surface area contributed by atoms with E-state index in [1.165, 1.54) is 35.9 Å². The summed E-state index contributed by atoms with van der Waals surface area (Å²) in [6, 6.07) is 14.4. The maximum absolute atomic E-state index is 12.8. The fourth-order valence-electron chi connectivity index (χ4n) is 4.62. The number of hydrogen-bond donors (Lipinski definition) is 1. The van der Waals surface area contributed by atoms with Gasteiger partial charge in [0.05, 0.1) is 0 Å². The average molecular weight is 543 g/mol. The third kappa shape index (κ3) is 4.32. The topological polar surface area (TPSA) is 66.8 Å². The molecule has 0 spiro atoms. The van der Waals surface area contributed by atoms with Gasteiger partial charge in [0, 0.05) is 0 Å². The van der Waals surface area contributed by atoms with Crippen LogP contribution >= 0.6 is 19.8 Å². The standard InChI is InChI=1S/C25H30IN5O/c1-18-27-22-16-20-21(17-23(22)31(18)15-9-14-30-12-7-4-8-13-30)28-24(25(32)29-20)26(2)19-10-5-3-6-11-19/h3,5-6,10-11,16-17H,4,7-9,12-15H2,1-2H3,(H,29,32). The molecule has 0 amide bonds. The second-order valence-electron chi connectivity index (χ2n) is 8.55. The van der Waals surface area contributed by atoms with Crippen LogP contribution in [0, 0.1) is 14.2 Å². The van der Waals surface area contributed by atoms with E-state index in [-0.39, 0.29) is 5.56 Å². The first-order valence-electron chi connectivity index (χ1n) is 11.4. The number of halogens is 1. The van der Waals surface area contributed by atoms with Crippen molar-refractivity contribution >= 4 is 41.9 Å². The van der Waals surface area contributed by atoms with E-state index in [1.807, 2.05) is 24.3 Å². The summed E-state index contributed by atoms with van der Waals surface area (Å²) < 4.78 is 4.26. The molecule has 168 valence electrons. The van der Waals surface area contributed by atoms with Crippen molar-refractivity contribution in [2.24, 2.45) is 0 Å². The van der Waals surface area contributed by atoms with Crippen LogP contribution in [0.15, 0.2) is 47.3 Å². The van der Waals surface area contributed by atoms with Gasteiger partial charge < -0.3 is 0 Å². The molecule has 0 atom stereocenters. The number of alkyl halides is 1. The van der Waals surface area contributed by atoms with Crippen molar-refractivity contribution < 1.29 is 0 Å². The Morgan fingerprint density at radius 3 is 2.56 bits per heavy atom. The number of aromatic amines is 1. The summed E-state index contributed by atoms with van der Waals surface area (Å²) >= 11 is -1.86. The molecule has 0 unspecified atom stereocenters. The fraction of sp³-hybridized carbons (Fsp3) is 0.400. The van der Waals surface area contributed by atoms with Gasteiger partial charge in [-0.15, -0.1) is 0 Å². The van der Waals surface area contributed by atoms with E-state index < -0.39 is 19.8 Å². The number of aryl methyl sites for hydroxylation is 2.